The maximum absolute atomic E-state index is 12.9. The molecule has 1 saturated heterocycles. The van der Waals surface area contributed by atoms with E-state index in [9.17, 15) is 9.59 Å². The van der Waals surface area contributed by atoms with Crippen LogP contribution in [0.25, 0.3) is 0 Å². The van der Waals surface area contributed by atoms with Gasteiger partial charge in [-0.3, -0.25) is 9.59 Å². The fraction of sp³-hybridized carbons (Fsp3) is 0.381. The molecule has 0 saturated carbocycles. The molecule has 2 amide bonds. The number of rotatable bonds is 7. The Labute approximate surface area is 185 Å². The van der Waals surface area contributed by atoms with Crippen molar-refractivity contribution in [3.8, 4) is 5.88 Å². The molecule has 30 heavy (non-hydrogen) atoms. The van der Waals surface area contributed by atoms with E-state index in [-0.39, 0.29) is 17.7 Å². The number of hydrogen-bond acceptors (Lipinski definition) is 5. The van der Waals surface area contributed by atoms with Gasteiger partial charge in [0.1, 0.15) is 12.3 Å². The first-order chi connectivity index (χ1) is 14.5. The summed E-state index contributed by atoms with van der Waals surface area (Å²) in [5.41, 5.74) is 0.943. The van der Waals surface area contributed by atoms with Gasteiger partial charge in [-0.15, -0.1) is 0 Å². The average molecular weight is 452 g/mol. The van der Waals surface area contributed by atoms with Crippen LogP contribution in [-0.4, -0.2) is 55.1 Å². The number of nitrogens with one attached hydrogen (secondary N) is 1. The Bertz CT molecular complexity index is 910. The number of benzene rings is 1. The van der Waals surface area contributed by atoms with Crippen LogP contribution in [0.3, 0.4) is 0 Å². The van der Waals surface area contributed by atoms with Crippen molar-refractivity contribution >= 4 is 40.7 Å². The highest BCUT2D eigenvalue weighted by atomic mass is 35.5. The number of nitrogens with zero attached hydrogens (tertiary/aromatic N) is 2. The van der Waals surface area contributed by atoms with E-state index < -0.39 is 0 Å². The van der Waals surface area contributed by atoms with Crippen molar-refractivity contribution in [1.29, 1.82) is 0 Å². The quantitative estimate of drug-likeness (QED) is 0.645. The third-order valence-corrected chi connectivity index (χ3v) is 5.54. The molecule has 1 aliphatic rings. The van der Waals surface area contributed by atoms with Crippen LogP contribution < -0.4 is 10.1 Å². The Kier molecular flexibility index (Phi) is 7.90. The first kappa shape index (κ1) is 22.3. The summed E-state index contributed by atoms with van der Waals surface area (Å²) in [6.45, 7) is 1.65. The van der Waals surface area contributed by atoms with Crippen LogP contribution in [0.5, 0.6) is 5.88 Å². The Morgan fingerprint density at radius 2 is 2.07 bits per heavy atom. The number of carbonyl (C=O) groups excluding carboxylic acids is 2. The number of likely N-dealkylation sites (tertiary alicyclic amines) is 1. The largest absolute Gasteiger partial charge is 0.474 e. The van der Waals surface area contributed by atoms with Crippen LogP contribution in [0.2, 0.25) is 10.0 Å². The summed E-state index contributed by atoms with van der Waals surface area (Å²) < 4.78 is 10.5. The van der Waals surface area contributed by atoms with Crippen LogP contribution >= 0.6 is 23.2 Å². The number of aromatic nitrogens is 1. The second-order valence-corrected chi connectivity index (χ2v) is 7.72. The van der Waals surface area contributed by atoms with Gasteiger partial charge in [-0.05, 0) is 43.2 Å². The van der Waals surface area contributed by atoms with Gasteiger partial charge in [-0.2, -0.15) is 0 Å². The molecular weight excluding hydrogens is 429 g/mol. The minimum atomic E-state index is -0.336. The average Bonchev–Trinajstić information content (AvgIpc) is 2.76. The number of pyridine rings is 1. The molecule has 1 N–H and O–H groups in total. The molecule has 0 aliphatic carbocycles. The van der Waals surface area contributed by atoms with Gasteiger partial charge in [0.2, 0.25) is 11.8 Å². The highest BCUT2D eigenvalue weighted by Gasteiger charge is 2.29. The van der Waals surface area contributed by atoms with Crippen molar-refractivity contribution < 1.29 is 19.1 Å². The molecule has 0 radical (unpaired) electrons. The molecule has 1 atom stereocenters. The van der Waals surface area contributed by atoms with Gasteiger partial charge in [-0.1, -0.05) is 23.2 Å². The number of piperidine rings is 1. The van der Waals surface area contributed by atoms with Gasteiger partial charge in [0.15, 0.2) is 0 Å². The third-order valence-electron chi connectivity index (χ3n) is 4.80. The summed E-state index contributed by atoms with van der Waals surface area (Å²) in [6.07, 6.45) is 3.02. The molecule has 0 bridgehead atoms. The predicted octanol–water partition coefficient (Wildman–Crippen LogP) is 3.90. The van der Waals surface area contributed by atoms with Gasteiger partial charge < -0.3 is 19.7 Å². The van der Waals surface area contributed by atoms with E-state index in [2.05, 4.69) is 10.3 Å². The maximum Gasteiger partial charge on any atom is 0.253 e. The molecule has 3 rings (SSSR count). The van der Waals surface area contributed by atoms with E-state index in [4.69, 9.17) is 32.7 Å². The van der Waals surface area contributed by atoms with Crippen LogP contribution in [-0.2, 0) is 9.53 Å². The van der Waals surface area contributed by atoms with Crippen molar-refractivity contribution in [1.82, 2.24) is 9.88 Å². The SMILES string of the molecule is COCCOc1ncccc1NC(=O)C1CCCN(C(=O)c2ccc(Cl)c(Cl)c2)C1. The summed E-state index contributed by atoms with van der Waals surface area (Å²) in [6, 6.07) is 8.24. The topological polar surface area (TPSA) is 80.8 Å². The lowest BCUT2D eigenvalue weighted by Crippen LogP contribution is -2.43. The zero-order valence-electron chi connectivity index (χ0n) is 16.6. The molecule has 1 aromatic heterocycles. The van der Waals surface area contributed by atoms with E-state index in [1.165, 1.54) is 0 Å². The van der Waals surface area contributed by atoms with Gasteiger partial charge in [0.25, 0.3) is 5.91 Å². The van der Waals surface area contributed by atoms with E-state index in [1.54, 1.807) is 48.5 Å². The van der Waals surface area contributed by atoms with Gasteiger partial charge in [0, 0.05) is 32.0 Å². The number of carbonyl (C=O) groups is 2. The monoisotopic (exact) mass is 451 g/mol. The second-order valence-electron chi connectivity index (χ2n) is 6.91. The molecule has 0 spiro atoms. The lowest BCUT2D eigenvalue weighted by Gasteiger charge is -2.32. The van der Waals surface area contributed by atoms with E-state index >= 15 is 0 Å². The lowest BCUT2D eigenvalue weighted by molar-refractivity contribution is -0.121. The number of anilines is 1. The minimum absolute atomic E-state index is 0.170. The van der Waals surface area contributed by atoms with Crippen LogP contribution in [0.1, 0.15) is 23.2 Å². The van der Waals surface area contributed by atoms with Crippen molar-refractivity contribution in [2.75, 3.05) is 38.7 Å². The summed E-state index contributed by atoms with van der Waals surface area (Å²) in [5.74, 6) is -0.345. The first-order valence-electron chi connectivity index (χ1n) is 9.61. The van der Waals surface area contributed by atoms with Crippen molar-refractivity contribution in [2.24, 2.45) is 5.92 Å². The normalized spacial score (nSPS) is 16.2. The van der Waals surface area contributed by atoms with E-state index in [0.717, 1.165) is 6.42 Å². The summed E-state index contributed by atoms with van der Waals surface area (Å²) in [5, 5.41) is 3.60. The highest BCUT2D eigenvalue weighted by Crippen LogP contribution is 2.26. The zero-order valence-corrected chi connectivity index (χ0v) is 18.1. The summed E-state index contributed by atoms with van der Waals surface area (Å²) in [4.78, 5) is 31.5. The molecule has 2 heterocycles. The number of hydrogen-bond donors (Lipinski definition) is 1. The zero-order chi connectivity index (χ0) is 21.5. The van der Waals surface area contributed by atoms with Crippen LogP contribution in [0.15, 0.2) is 36.5 Å². The Morgan fingerprint density at radius 1 is 1.23 bits per heavy atom. The van der Waals surface area contributed by atoms with E-state index in [1.807, 2.05) is 0 Å². The number of amides is 2. The molecule has 1 fully saturated rings. The van der Waals surface area contributed by atoms with Crippen molar-refractivity contribution in [2.45, 2.75) is 12.8 Å². The molecule has 9 heteroatoms. The van der Waals surface area contributed by atoms with Crippen LogP contribution in [0, 0.1) is 5.92 Å². The minimum Gasteiger partial charge on any atom is -0.474 e. The Balaban J connectivity index is 1.64. The molecule has 7 nitrogen and oxygen atoms in total. The fourth-order valence-corrected chi connectivity index (χ4v) is 3.54. The molecule has 2 aromatic rings. The van der Waals surface area contributed by atoms with E-state index in [0.29, 0.717) is 59.9 Å². The molecule has 1 aliphatic heterocycles. The third kappa shape index (κ3) is 5.62. The number of halogens is 2. The summed E-state index contributed by atoms with van der Waals surface area (Å²) >= 11 is 12.0. The van der Waals surface area contributed by atoms with Gasteiger partial charge >= 0.3 is 0 Å². The predicted molar refractivity (Wildman–Crippen MR) is 115 cm³/mol. The summed E-state index contributed by atoms with van der Waals surface area (Å²) in [7, 11) is 1.58. The van der Waals surface area contributed by atoms with Crippen molar-refractivity contribution in [3.05, 3.63) is 52.1 Å². The van der Waals surface area contributed by atoms with Crippen LogP contribution in [0.4, 0.5) is 5.69 Å². The van der Waals surface area contributed by atoms with Crippen molar-refractivity contribution in [3.63, 3.8) is 0 Å². The highest BCUT2D eigenvalue weighted by molar-refractivity contribution is 6.42. The Hall–Kier alpha value is -2.35. The standard InChI is InChI=1S/C21H23Cl2N3O4/c1-29-10-11-30-20-18(5-2-8-24-20)25-19(27)15-4-3-9-26(13-15)21(28)14-6-7-16(22)17(23)12-14/h2,5-8,12,15H,3-4,9-11,13H2,1H3,(H,25,27). The number of methoxy groups -OCH3 is 1. The maximum atomic E-state index is 12.9. The molecular formula is C21H23Cl2N3O4. The van der Waals surface area contributed by atoms with Gasteiger partial charge in [0.05, 0.1) is 22.6 Å². The number of ether oxygens (including phenoxy) is 2. The first-order valence-corrected chi connectivity index (χ1v) is 10.4. The molecule has 160 valence electrons. The molecule has 1 unspecified atom stereocenters. The van der Waals surface area contributed by atoms with Gasteiger partial charge in [-0.25, -0.2) is 4.98 Å². The molecule has 1 aromatic carbocycles. The fourth-order valence-electron chi connectivity index (χ4n) is 3.24. The second kappa shape index (κ2) is 10.6. The Morgan fingerprint density at radius 3 is 2.83 bits per heavy atom. The lowest BCUT2D eigenvalue weighted by atomic mass is 9.96. The smallest absolute Gasteiger partial charge is 0.253 e.